The first kappa shape index (κ1) is 12.5. The molecule has 0 aromatic rings. The molecule has 2 N–H and O–H groups in total. The van der Waals surface area contributed by atoms with Gasteiger partial charge in [-0.15, -0.1) is 0 Å². The summed E-state index contributed by atoms with van der Waals surface area (Å²) >= 11 is 0. The Balaban J connectivity index is 2.63. The zero-order valence-corrected chi connectivity index (χ0v) is 9.79. The Morgan fingerprint density at radius 3 is 2.93 bits per heavy atom. The van der Waals surface area contributed by atoms with Crippen LogP contribution in [0.25, 0.3) is 0 Å². The van der Waals surface area contributed by atoms with Crippen LogP contribution in [0.3, 0.4) is 0 Å². The van der Waals surface area contributed by atoms with Gasteiger partial charge in [0.15, 0.2) is 0 Å². The van der Waals surface area contributed by atoms with E-state index in [0.717, 1.165) is 12.8 Å². The number of ether oxygens (including phenoxy) is 2. The molecule has 0 spiro atoms. The minimum atomic E-state index is -0.538. The quantitative estimate of drug-likeness (QED) is 0.716. The average Bonchev–Trinajstić information content (AvgIpc) is 2.16. The second kappa shape index (κ2) is 4.94. The van der Waals surface area contributed by atoms with Gasteiger partial charge in [0.25, 0.3) is 0 Å². The Morgan fingerprint density at radius 2 is 2.40 bits per heavy atom. The summed E-state index contributed by atoms with van der Waals surface area (Å²) in [6.45, 7) is 6.89. The molecule has 0 bridgehead atoms. The van der Waals surface area contributed by atoms with Crippen LogP contribution >= 0.6 is 0 Å². The lowest BCUT2D eigenvalue weighted by atomic mass is 9.74. The molecule has 1 fully saturated rings. The standard InChI is InChI=1S/C11H21NO3/c1-4-14-10(13)9(12)11(3)5-6-15-8(2)7-11/h8-9H,4-7,12H2,1-3H3/t8-,9?,11+/m0/s1. The smallest absolute Gasteiger partial charge is 0.323 e. The molecule has 1 saturated heterocycles. The van der Waals surface area contributed by atoms with Crippen LogP contribution in [0.1, 0.15) is 33.6 Å². The molecule has 3 atom stereocenters. The predicted octanol–water partition coefficient (Wildman–Crippen LogP) is 1.08. The molecular formula is C11H21NO3. The maximum Gasteiger partial charge on any atom is 0.323 e. The van der Waals surface area contributed by atoms with E-state index in [1.807, 2.05) is 13.8 Å². The number of rotatable bonds is 3. The van der Waals surface area contributed by atoms with Crippen LogP contribution in [0.15, 0.2) is 0 Å². The van der Waals surface area contributed by atoms with Crippen molar-refractivity contribution in [3.05, 3.63) is 0 Å². The third-order valence-electron chi connectivity index (χ3n) is 3.12. The zero-order chi connectivity index (χ0) is 11.5. The first-order valence-corrected chi connectivity index (χ1v) is 5.53. The lowest BCUT2D eigenvalue weighted by Gasteiger charge is -2.39. The van der Waals surface area contributed by atoms with Gasteiger partial charge in [0.05, 0.1) is 12.7 Å². The number of esters is 1. The van der Waals surface area contributed by atoms with Crippen molar-refractivity contribution in [1.29, 1.82) is 0 Å². The van der Waals surface area contributed by atoms with Crippen molar-refractivity contribution in [2.45, 2.75) is 45.8 Å². The molecule has 1 heterocycles. The lowest BCUT2D eigenvalue weighted by molar-refractivity contribution is -0.150. The summed E-state index contributed by atoms with van der Waals surface area (Å²) < 4.78 is 10.4. The zero-order valence-electron chi connectivity index (χ0n) is 9.79. The summed E-state index contributed by atoms with van der Waals surface area (Å²) in [7, 11) is 0. The Kier molecular flexibility index (Phi) is 4.11. The Morgan fingerprint density at radius 1 is 1.73 bits per heavy atom. The van der Waals surface area contributed by atoms with Gasteiger partial charge in [-0.1, -0.05) is 6.92 Å². The Hall–Kier alpha value is -0.610. The topological polar surface area (TPSA) is 61.5 Å². The molecular weight excluding hydrogens is 194 g/mol. The number of hydrogen-bond acceptors (Lipinski definition) is 4. The summed E-state index contributed by atoms with van der Waals surface area (Å²) in [5.74, 6) is -0.297. The third-order valence-corrected chi connectivity index (χ3v) is 3.12. The van der Waals surface area contributed by atoms with Gasteiger partial charge in [0, 0.05) is 6.61 Å². The van der Waals surface area contributed by atoms with E-state index >= 15 is 0 Å². The predicted molar refractivity (Wildman–Crippen MR) is 57.4 cm³/mol. The summed E-state index contributed by atoms with van der Waals surface area (Å²) in [5.41, 5.74) is 5.75. The van der Waals surface area contributed by atoms with Crippen LogP contribution in [-0.2, 0) is 14.3 Å². The van der Waals surface area contributed by atoms with Crippen molar-refractivity contribution in [3.8, 4) is 0 Å². The Labute approximate surface area is 91.1 Å². The summed E-state index contributed by atoms with van der Waals surface area (Å²) in [6.07, 6.45) is 1.80. The van der Waals surface area contributed by atoms with Crippen molar-refractivity contribution < 1.29 is 14.3 Å². The highest BCUT2D eigenvalue weighted by Crippen LogP contribution is 2.35. The SMILES string of the molecule is CCOC(=O)C(N)[C@]1(C)CCO[C@@H](C)C1. The molecule has 4 heteroatoms. The van der Waals surface area contributed by atoms with Gasteiger partial charge in [-0.3, -0.25) is 4.79 Å². The first-order valence-electron chi connectivity index (χ1n) is 5.53. The fourth-order valence-electron chi connectivity index (χ4n) is 2.11. The summed E-state index contributed by atoms with van der Waals surface area (Å²) in [4.78, 5) is 11.6. The summed E-state index contributed by atoms with van der Waals surface area (Å²) in [6, 6.07) is -0.538. The molecule has 0 aliphatic carbocycles. The molecule has 15 heavy (non-hydrogen) atoms. The van der Waals surface area contributed by atoms with Gasteiger partial charge in [-0.25, -0.2) is 0 Å². The molecule has 0 aromatic carbocycles. The van der Waals surface area contributed by atoms with Gasteiger partial charge in [-0.2, -0.15) is 0 Å². The largest absolute Gasteiger partial charge is 0.465 e. The van der Waals surface area contributed by atoms with Gasteiger partial charge >= 0.3 is 5.97 Å². The minimum absolute atomic E-state index is 0.171. The molecule has 1 unspecified atom stereocenters. The molecule has 0 radical (unpaired) electrons. The van der Waals surface area contributed by atoms with E-state index in [9.17, 15) is 4.79 Å². The number of carbonyl (C=O) groups excluding carboxylic acids is 1. The highest BCUT2D eigenvalue weighted by molar-refractivity contribution is 5.76. The number of nitrogens with two attached hydrogens (primary N) is 1. The number of hydrogen-bond donors (Lipinski definition) is 1. The Bertz CT molecular complexity index is 232. The molecule has 0 aromatic heterocycles. The van der Waals surface area contributed by atoms with E-state index in [1.165, 1.54) is 0 Å². The molecule has 1 aliphatic heterocycles. The van der Waals surface area contributed by atoms with Gasteiger partial charge < -0.3 is 15.2 Å². The van der Waals surface area contributed by atoms with E-state index in [2.05, 4.69) is 0 Å². The maximum absolute atomic E-state index is 11.6. The fraction of sp³-hybridized carbons (Fsp3) is 0.909. The van der Waals surface area contributed by atoms with E-state index in [1.54, 1.807) is 6.92 Å². The molecule has 1 rings (SSSR count). The monoisotopic (exact) mass is 215 g/mol. The molecule has 1 aliphatic rings. The number of carbonyl (C=O) groups is 1. The lowest BCUT2D eigenvalue weighted by Crippen LogP contribution is -2.50. The van der Waals surface area contributed by atoms with Crippen LogP contribution in [0, 0.1) is 5.41 Å². The van der Waals surface area contributed by atoms with Crippen LogP contribution in [0.4, 0.5) is 0 Å². The van der Waals surface area contributed by atoms with E-state index in [4.69, 9.17) is 15.2 Å². The van der Waals surface area contributed by atoms with Crippen molar-refractivity contribution in [2.24, 2.45) is 11.1 Å². The second-order valence-corrected chi connectivity index (χ2v) is 4.52. The maximum atomic E-state index is 11.6. The van der Waals surface area contributed by atoms with Crippen molar-refractivity contribution in [2.75, 3.05) is 13.2 Å². The van der Waals surface area contributed by atoms with Crippen LogP contribution in [0.5, 0.6) is 0 Å². The molecule has 0 saturated carbocycles. The van der Waals surface area contributed by atoms with E-state index in [0.29, 0.717) is 13.2 Å². The normalized spacial score (nSPS) is 33.5. The molecule has 88 valence electrons. The summed E-state index contributed by atoms with van der Waals surface area (Å²) in [5, 5.41) is 0. The highest BCUT2D eigenvalue weighted by Gasteiger charge is 2.40. The van der Waals surface area contributed by atoms with Gasteiger partial charge in [0.2, 0.25) is 0 Å². The average molecular weight is 215 g/mol. The van der Waals surface area contributed by atoms with Crippen molar-refractivity contribution in [3.63, 3.8) is 0 Å². The first-order chi connectivity index (χ1) is 6.99. The minimum Gasteiger partial charge on any atom is -0.465 e. The van der Waals surface area contributed by atoms with Gasteiger partial charge in [0.1, 0.15) is 6.04 Å². The van der Waals surface area contributed by atoms with Crippen LogP contribution in [-0.4, -0.2) is 31.3 Å². The molecule has 0 amide bonds. The molecule has 4 nitrogen and oxygen atoms in total. The van der Waals surface area contributed by atoms with Crippen molar-refractivity contribution in [1.82, 2.24) is 0 Å². The second-order valence-electron chi connectivity index (χ2n) is 4.52. The van der Waals surface area contributed by atoms with E-state index < -0.39 is 6.04 Å². The highest BCUT2D eigenvalue weighted by atomic mass is 16.5. The van der Waals surface area contributed by atoms with E-state index in [-0.39, 0.29) is 17.5 Å². The van der Waals surface area contributed by atoms with Crippen LogP contribution < -0.4 is 5.73 Å². The van der Waals surface area contributed by atoms with Crippen molar-refractivity contribution >= 4 is 5.97 Å². The van der Waals surface area contributed by atoms with Crippen LogP contribution in [0.2, 0.25) is 0 Å². The third kappa shape index (κ3) is 2.92. The van der Waals surface area contributed by atoms with Gasteiger partial charge in [-0.05, 0) is 32.1 Å². The fourth-order valence-corrected chi connectivity index (χ4v) is 2.11.